The molecular formula is C15H21NO2. The molecule has 0 bridgehead atoms. The maximum atomic E-state index is 12.2. The third kappa shape index (κ3) is 2.91. The number of nitrogens with one attached hydrogen (secondary N) is 1. The van der Waals surface area contributed by atoms with Crippen LogP contribution in [-0.2, 0) is 16.0 Å². The van der Waals surface area contributed by atoms with Crippen molar-refractivity contribution in [3.63, 3.8) is 0 Å². The molecule has 0 spiro atoms. The molecule has 1 saturated heterocycles. The van der Waals surface area contributed by atoms with E-state index in [9.17, 15) is 4.79 Å². The van der Waals surface area contributed by atoms with Crippen molar-refractivity contribution in [1.82, 2.24) is 5.32 Å². The lowest BCUT2D eigenvalue weighted by atomic mass is 9.83. The molecule has 3 nitrogen and oxygen atoms in total. The summed E-state index contributed by atoms with van der Waals surface area (Å²) in [5.41, 5.74) is 0.662. The molecule has 1 aliphatic heterocycles. The van der Waals surface area contributed by atoms with Crippen molar-refractivity contribution in [3.8, 4) is 0 Å². The van der Waals surface area contributed by atoms with E-state index in [4.69, 9.17) is 4.74 Å². The number of piperidine rings is 1. The molecule has 1 aromatic rings. The second kappa shape index (κ2) is 6.01. The van der Waals surface area contributed by atoms with Gasteiger partial charge in [-0.2, -0.15) is 0 Å². The molecule has 1 atom stereocenters. The molecule has 18 heavy (non-hydrogen) atoms. The van der Waals surface area contributed by atoms with Crippen LogP contribution in [0, 0.1) is 0 Å². The van der Waals surface area contributed by atoms with Gasteiger partial charge in [-0.15, -0.1) is 0 Å². The fourth-order valence-corrected chi connectivity index (χ4v) is 2.58. The summed E-state index contributed by atoms with van der Waals surface area (Å²) in [6.07, 6.45) is 3.79. The predicted octanol–water partition coefficient (Wildman–Crippen LogP) is 2.30. The van der Waals surface area contributed by atoms with Crippen LogP contribution in [0.15, 0.2) is 30.3 Å². The van der Waals surface area contributed by atoms with Crippen LogP contribution in [0.3, 0.4) is 0 Å². The Balaban J connectivity index is 2.16. The lowest BCUT2D eigenvalue weighted by molar-refractivity contribution is -0.152. The number of carbonyl (C=O) groups is 1. The van der Waals surface area contributed by atoms with Crippen LogP contribution in [0.1, 0.15) is 31.7 Å². The minimum Gasteiger partial charge on any atom is -0.465 e. The first-order valence-corrected chi connectivity index (χ1v) is 6.73. The maximum Gasteiger partial charge on any atom is 0.326 e. The Morgan fingerprint density at radius 3 is 2.72 bits per heavy atom. The van der Waals surface area contributed by atoms with Gasteiger partial charge in [0.05, 0.1) is 6.61 Å². The SMILES string of the molecule is CCOC(=O)[C@@]1(Cc2ccccc2)CCCCN1. The molecule has 1 aromatic carbocycles. The smallest absolute Gasteiger partial charge is 0.326 e. The molecule has 0 amide bonds. The molecular weight excluding hydrogens is 226 g/mol. The van der Waals surface area contributed by atoms with Crippen molar-refractivity contribution in [2.75, 3.05) is 13.2 Å². The summed E-state index contributed by atoms with van der Waals surface area (Å²) in [5.74, 6) is -0.103. The number of benzene rings is 1. The van der Waals surface area contributed by atoms with Gasteiger partial charge in [-0.05, 0) is 38.3 Å². The first-order valence-electron chi connectivity index (χ1n) is 6.73. The Hall–Kier alpha value is -1.35. The van der Waals surface area contributed by atoms with E-state index in [-0.39, 0.29) is 5.97 Å². The van der Waals surface area contributed by atoms with E-state index in [0.29, 0.717) is 13.0 Å². The zero-order valence-electron chi connectivity index (χ0n) is 10.9. The van der Waals surface area contributed by atoms with Crippen molar-refractivity contribution < 1.29 is 9.53 Å². The average molecular weight is 247 g/mol. The van der Waals surface area contributed by atoms with Crippen LogP contribution in [-0.4, -0.2) is 24.7 Å². The van der Waals surface area contributed by atoms with E-state index in [1.165, 1.54) is 5.56 Å². The van der Waals surface area contributed by atoms with E-state index >= 15 is 0 Å². The van der Waals surface area contributed by atoms with Crippen molar-refractivity contribution in [2.45, 2.75) is 38.1 Å². The highest BCUT2D eigenvalue weighted by molar-refractivity contribution is 5.81. The Kier molecular flexibility index (Phi) is 4.37. The van der Waals surface area contributed by atoms with Crippen molar-refractivity contribution in [3.05, 3.63) is 35.9 Å². The minimum atomic E-state index is -0.518. The van der Waals surface area contributed by atoms with Gasteiger partial charge in [-0.3, -0.25) is 4.79 Å². The molecule has 98 valence electrons. The average Bonchev–Trinajstić information content (AvgIpc) is 2.41. The highest BCUT2D eigenvalue weighted by Crippen LogP contribution is 2.25. The van der Waals surface area contributed by atoms with Crippen molar-refractivity contribution >= 4 is 5.97 Å². The Morgan fingerprint density at radius 1 is 1.33 bits per heavy atom. The fraction of sp³-hybridized carbons (Fsp3) is 0.533. The molecule has 0 radical (unpaired) electrons. The summed E-state index contributed by atoms with van der Waals surface area (Å²) >= 11 is 0. The van der Waals surface area contributed by atoms with Crippen LogP contribution in [0.4, 0.5) is 0 Å². The van der Waals surface area contributed by atoms with Crippen LogP contribution in [0.5, 0.6) is 0 Å². The Labute approximate surface area is 109 Å². The number of hydrogen-bond donors (Lipinski definition) is 1. The van der Waals surface area contributed by atoms with Gasteiger partial charge in [0, 0.05) is 6.42 Å². The molecule has 0 aromatic heterocycles. The molecule has 1 fully saturated rings. The lowest BCUT2D eigenvalue weighted by Gasteiger charge is -2.36. The normalized spacial score (nSPS) is 23.6. The molecule has 1 N–H and O–H groups in total. The zero-order valence-corrected chi connectivity index (χ0v) is 10.9. The van der Waals surface area contributed by atoms with Gasteiger partial charge in [-0.1, -0.05) is 30.3 Å². The first kappa shape index (κ1) is 13.1. The van der Waals surface area contributed by atoms with Crippen molar-refractivity contribution in [2.24, 2.45) is 0 Å². The van der Waals surface area contributed by atoms with Gasteiger partial charge in [0.2, 0.25) is 0 Å². The van der Waals surface area contributed by atoms with Gasteiger partial charge in [0.25, 0.3) is 0 Å². The highest BCUT2D eigenvalue weighted by Gasteiger charge is 2.40. The molecule has 3 heteroatoms. The number of carbonyl (C=O) groups excluding carboxylic acids is 1. The standard InChI is InChI=1S/C15H21NO2/c1-2-18-14(17)15(10-6-7-11-16-15)12-13-8-4-3-5-9-13/h3-5,8-9,16H,2,6-7,10-12H2,1H3/t15-/m0/s1. The van der Waals surface area contributed by atoms with Gasteiger partial charge >= 0.3 is 5.97 Å². The molecule has 0 saturated carbocycles. The van der Waals surface area contributed by atoms with Crippen LogP contribution >= 0.6 is 0 Å². The zero-order chi connectivity index (χ0) is 12.8. The van der Waals surface area contributed by atoms with E-state index in [2.05, 4.69) is 17.4 Å². The molecule has 0 unspecified atom stereocenters. The second-order valence-electron chi connectivity index (χ2n) is 4.85. The van der Waals surface area contributed by atoms with Gasteiger partial charge in [0.1, 0.15) is 5.54 Å². The largest absolute Gasteiger partial charge is 0.465 e. The summed E-state index contributed by atoms with van der Waals surface area (Å²) in [6.45, 7) is 3.19. The Bertz CT molecular complexity index is 383. The molecule has 2 rings (SSSR count). The van der Waals surface area contributed by atoms with E-state index < -0.39 is 5.54 Å². The lowest BCUT2D eigenvalue weighted by Crippen LogP contribution is -2.57. The third-order valence-electron chi connectivity index (χ3n) is 3.51. The van der Waals surface area contributed by atoms with Gasteiger partial charge in [0.15, 0.2) is 0 Å². The minimum absolute atomic E-state index is 0.103. The number of ether oxygens (including phenoxy) is 1. The van der Waals surface area contributed by atoms with Crippen LogP contribution in [0.25, 0.3) is 0 Å². The fourth-order valence-electron chi connectivity index (χ4n) is 2.58. The topological polar surface area (TPSA) is 38.3 Å². The number of rotatable bonds is 4. The van der Waals surface area contributed by atoms with Crippen LogP contribution in [0.2, 0.25) is 0 Å². The number of esters is 1. The quantitative estimate of drug-likeness (QED) is 0.830. The second-order valence-corrected chi connectivity index (χ2v) is 4.85. The summed E-state index contributed by atoms with van der Waals surface area (Å²) in [4.78, 5) is 12.2. The van der Waals surface area contributed by atoms with Crippen LogP contribution < -0.4 is 5.32 Å². The summed E-state index contributed by atoms with van der Waals surface area (Å²) < 4.78 is 5.26. The first-order chi connectivity index (χ1) is 8.77. The van der Waals surface area contributed by atoms with E-state index in [1.807, 2.05) is 25.1 Å². The van der Waals surface area contributed by atoms with Gasteiger partial charge < -0.3 is 10.1 Å². The molecule has 1 heterocycles. The van der Waals surface area contributed by atoms with E-state index in [1.54, 1.807) is 0 Å². The maximum absolute atomic E-state index is 12.2. The van der Waals surface area contributed by atoms with E-state index in [0.717, 1.165) is 25.8 Å². The summed E-state index contributed by atoms with van der Waals surface area (Å²) in [6, 6.07) is 10.2. The predicted molar refractivity (Wildman–Crippen MR) is 71.4 cm³/mol. The monoisotopic (exact) mass is 247 g/mol. The third-order valence-corrected chi connectivity index (χ3v) is 3.51. The van der Waals surface area contributed by atoms with Crippen molar-refractivity contribution in [1.29, 1.82) is 0 Å². The summed E-state index contributed by atoms with van der Waals surface area (Å²) in [5, 5.41) is 3.39. The van der Waals surface area contributed by atoms with Gasteiger partial charge in [-0.25, -0.2) is 0 Å². The molecule has 1 aliphatic rings. The molecule has 0 aliphatic carbocycles. The summed E-state index contributed by atoms with van der Waals surface area (Å²) in [7, 11) is 0. The highest BCUT2D eigenvalue weighted by atomic mass is 16.5. The number of hydrogen-bond acceptors (Lipinski definition) is 3. The Morgan fingerprint density at radius 2 is 2.11 bits per heavy atom.